The van der Waals surface area contributed by atoms with Gasteiger partial charge in [0.1, 0.15) is 29.9 Å². The molecule has 0 spiro atoms. The van der Waals surface area contributed by atoms with E-state index in [4.69, 9.17) is 26.2 Å². The van der Waals surface area contributed by atoms with Gasteiger partial charge in [-0.05, 0) is 24.1 Å². The van der Waals surface area contributed by atoms with Crippen LogP contribution >= 0.6 is 0 Å². The van der Waals surface area contributed by atoms with Gasteiger partial charge in [0.15, 0.2) is 0 Å². The van der Waals surface area contributed by atoms with Crippen LogP contribution in [0.25, 0.3) is 0 Å². The van der Waals surface area contributed by atoms with E-state index in [1.165, 1.54) is 24.3 Å². The van der Waals surface area contributed by atoms with Crippen LogP contribution in [0.2, 0.25) is 0 Å². The van der Waals surface area contributed by atoms with Gasteiger partial charge >= 0.3 is 11.9 Å². The molecule has 14 nitrogen and oxygen atoms in total. The number of carboxylic acid groups (broad SMARTS) is 2. The molecule has 0 radical (unpaired) electrons. The highest BCUT2D eigenvalue weighted by Crippen LogP contribution is 2.12. The van der Waals surface area contributed by atoms with Gasteiger partial charge in [-0.25, -0.2) is 4.79 Å². The molecule has 0 aliphatic heterocycles. The highest BCUT2D eigenvalue weighted by Gasteiger charge is 2.30. The number of aliphatic hydroxyl groups is 2. The zero-order valence-electron chi connectivity index (χ0n) is 18.0. The van der Waals surface area contributed by atoms with E-state index in [0.717, 1.165) is 0 Å². The number of phenolic OH excluding ortho intramolecular Hbond substituents is 1. The zero-order valence-corrected chi connectivity index (χ0v) is 18.0. The molecular weight excluding hydrogens is 456 g/mol. The quantitative estimate of drug-likeness (QED) is 0.126. The van der Waals surface area contributed by atoms with Crippen molar-refractivity contribution in [2.45, 2.75) is 43.4 Å². The lowest BCUT2D eigenvalue weighted by molar-refractivity contribution is -0.143. The van der Waals surface area contributed by atoms with Crippen LogP contribution in [-0.4, -0.2) is 92.6 Å². The summed E-state index contributed by atoms with van der Waals surface area (Å²) in [6, 6.07) is -0.323. The number of amides is 3. The number of aromatic hydroxyl groups is 1. The Kier molecular flexibility index (Phi) is 11.4. The van der Waals surface area contributed by atoms with Crippen molar-refractivity contribution in [3.8, 4) is 5.75 Å². The lowest BCUT2D eigenvalue weighted by Gasteiger charge is -2.24. The van der Waals surface area contributed by atoms with E-state index in [-0.39, 0.29) is 18.6 Å². The molecule has 1 aromatic carbocycles. The highest BCUT2D eigenvalue weighted by molar-refractivity contribution is 5.94. The molecule has 0 aliphatic carbocycles. The lowest BCUT2D eigenvalue weighted by atomic mass is 10.0. The molecule has 3 amide bonds. The summed E-state index contributed by atoms with van der Waals surface area (Å²) < 4.78 is 0. The molecule has 4 unspecified atom stereocenters. The maximum absolute atomic E-state index is 12.8. The number of hydrogen-bond donors (Lipinski definition) is 9. The standard InChI is InChI=1S/C20H28N4O10/c21-12(8-25)17(30)22-13(5-6-16(28)29)18(31)23-14(7-10-1-3-11(27)4-2-10)19(32)24-15(9-26)20(33)34/h1-4,12-15,25-27H,5-9,21H2,(H,22,30)(H,23,31)(H,24,32)(H,28,29)(H,33,34). The number of aliphatic carboxylic acids is 2. The summed E-state index contributed by atoms with van der Waals surface area (Å²) in [6.45, 7) is -1.65. The Morgan fingerprint density at radius 3 is 1.82 bits per heavy atom. The largest absolute Gasteiger partial charge is 0.508 e. The predicted octanol–water partition coefficient (Wildman–Crippen LogP) is -3.35. The number of phenols is 1. The van der Waals surface area contributed by atoms with E-state index in [1.807, 2.05) is 0 Å². The van der Waals surface area contributed by atoms with E-state index in [1.54, 1.807) is 0 Å². The second kappa shape index (κ2) is 13.7. The third-order valence-electron chi connectivity index (χ3n) is 4.62. The van der Waals surface area contributed by atoms with Gasteiger partial charge in [-0.15, -0.1) is 0 Å². The molecule has 0 heterocycles. The van der Waals surface area contributed by atoms with Crippen molar-refractivity contribution in [3.05, 3.63) is 29.8 Å². The molecule has 0 aromatic heterocycles. The van der Waals surface area contributed by atoms with Crippen LogP contribution in [0.5, 0.6) is 5.75 Å². The third kappa shape index (κ3) is 9.40. The fourth-order valence-electron chi connectivity index (χ4n) is 2.71. The van der Waals surface area contributed by atoms with E-state index >= 15 is 0 Å². The van der Waals surface area contributed by atoms with Crippen molar-refractivity contribution in [2.75, 3.05) is 13.2 Å². The Labute approximate surface area is 193 Å². The predicted molar refractivity (Wildman–Crippen MR) is 114 cm³/mol. The summed E-state index contributed by atoms with van der Waals surface area (Å²) in [4.78, 5) is 59.7. The SMILES string of the molecule is NC(CO)C(=O)NC(CCC(=O)O)C(=O)NC(Cc1ccc(O)cc1)C(=O)NC(CO)C(=O)O. The number of carbonyl (C=O) groups is 5. The molecule has 188 valence electrons. The minimum absolute atomic E-state index is 0.0586. The average molecular weight is 484 g/mol. The van der Waals surface area contributed by atoms with Gasteiger partial charge < -0.3 is 47.2 Å². The number of nitrogens with one attached hydrogen (secondary N) is 3. The van der Waals surface area contributed by atoms with E-state index in [9.17, 15) is 29.1 Å². The van der Waals surface area contributed by atoms with Crippen molar-refractivity contribution in [3.63, 3.8) is 0 Å². The van der Waals surface area contributed by atoms with Gasteiger partial charge in [-0.2, -0.15) is 0 Å². The first-order valence-corrected chi connectivity index (χ1v) is 10.1. The van der Waals surface area contributed by atoms with Crippen LogP contribution in [0.3, 0.4) is 0 Å². The molecule has 0 saturated heterocycles. The molecule has 0 bridgehead atoms. The number of nitrogens with two attached hydrogens (primary N) is 1. The molecule has 0 saturated carbocycles. The lowest BCUT2D eigenvalue weighted by Crippen LogP contribution is -2.58. The molecule has 10 N–H and O–H groups in total. The van der Waals surface area contributed by atoms with Gasteiger partial charge in [0.25, 0.3) is 0 Å². The summed E-state index contributed by atoms with van der Waals surface area (Å²) >= 11 is 0. The summed E-state index contributed by atoms with van der Waals surface area (Å²) in [5.41, 5.74) is 5.87. The first kappa shape index (κ1) is 28.3. The van der Waals surface area contributed by atoms with Crippen molar-refractivity contribution < 1.29 is 49.5 Å². The van der Waals surface area contributed by atoms with Crippen LogP contribution in [0.4, 0.5) is 0 Å². The molecule has 0 aliphatic rings. The van der Waals surface area contributed by atoms with Gasteiger partial charge in [-0.1, -0.05) is 12.1 Å². The summed E-state index contributed by atoms with van der Waals surface area (Å²) in [6.07, 6.45) is -1.06. The van der Waals surface area contributed by atoms with Gasteiger partial charge in [-0.3, -0.25) is 19.2 Å². The monoisotopic (exact) mass is 484 g/mol. The van der Waals surface area contributed by atoms with Crippen LogP contribution in [0.15, 0.2) is 24.3 Å². The molecule has 1 rings (SSSR count). The minimum Gasteiger partial charge on any atom is -0.508 e. The van der Waals surface area contributed by atoms with Crippen LogP contribution in [0, 0.1) is 0 Å². The van der Waals surface area contributed by atoms with E-state index < -0.39 is 73.5 Å². The molecule has 4 atom stereocenters. The fraction of sp³-hybridized carbons (Fsp3) is 0.450. The summed E-state index contributed by atoms with van der Waals surface area (Å²) in [5.74, 6) is -5.71. The van der Waals surface area contributed by atoms with Crippen molar-refractivity contribution in [1.29, 1.82) is 0 Å². The highest BCUT2D eigenvalue weighted by atomic mass is 16.4. The van der Waals surface area contributed by atoms with Crippen molar-refractivity contribution >= 4 is 29.7 Å². The first-order chi connectivity index (χ1) is 16.0. The van der Waals surface area contributed by atoms with Crippen LogP contribution < -0.4 is 21.7 Å². The number of carbonyl (C=O) groups excluding carboxylic acids is 3. The fourth-order valence-corrected chi connectivity index (χ4v) is 2.71. The van der Waals surface area contributed by atoms with Crippen molar-refractivity contribution in [1.82, 2.24) is 16.0 Å². The zero-order chi connectivity index (χ0) is 25.8. The van der Waals surface area contributed by atoms with Crippen molar-refractivity contribution in [2.24, 2.45) is 5.73 Å². The van der Waals surface area contributed by atoms with Crippen LogP contribution in [0.1, 0.15) is 18.4 Å². The number of carboxylic acids is 2. The van der Waals surface area contributed by atoms with Crippen LogP contribution in [-0.2, 0) is 30.4 Å². The Balaban J connectivity index is 3.12. The molecule has 34 heavy (non-hydrogen) atoms. The third-order valence-corrected chi connectivity index (χ3v) is 4.62. The molecule has 0 fully saturated rings. The van der Waals surface area contributed by atoms with Gasteiger partial charge in [0.05, 0.1) is 13.2 Å². The maximum Gasteiger partial charge on any atom is 0.328 e. The number of benzene rings is 1. The number of rotatable bonds is 14. The molecule has 14 heteroatoms. The molecular formula is C20H28N4O10. The second-order valence-electron chi connectivity index (χ2n) is 7.30. The Bertz CT molecular complexity index is 877. The Morgan fingerprint density at radius 2 is 1.32 bits per heavy atom. The minimum atomic E-state index is -1.66. The number of aliphatic hydroxyl groups excluding tert-OH is 2. The van der Waals surface area contributed by atoms with Gasteiger partial charge in [0, 0.05) is 12.8 Å². The smallest absolute Gasteiger partial charge is 0.328 e. The topological polar surface area (TPSA) is 249 Å². The Hall–Kier alpha value is -3.75. The maximum atomic E-state index is 12.8. The summed E-state index contributed by atoms with van der Waals surface area (Å²) in [5, 5.41) is 52.2. The second-order valence-corrected chi connectivity index (χ2v) is 7.30. The average Bonchev–Trinajstić information content (AvgIpc) is 2.79. The molecule has 1 aromatic rings. The summed E-state index contributed by atoms with van der Waals surface area (Å²) in [7, 11) is 0. The van der Waals surface area contributed by atoms with Gasteiger partial charge in [0.2, 0.25) is 17.7 Å². The normalized spacial score (nSPS) is 14.2. The Morgan fingerprint density at radius 1 is 0.794 bits per heavy atom. The first-order valence-electron chi connectivity index (χ1n) is 10.1. The van der Waals surface area contributed by atoms with E-state index in [2.05, 4.69) is 16.0 Å². The number of hydrogen-bond acceptors (Lipinski definition) is 9. The van der Waals surface area contributed by atoms with E-state index in [0.29, 0.717) is 5.56 Å².